The number of benzene rings is 1. The van der Waals surface area contributed by atoms with Crippen LogP contribution in [-0.2, 0) is 12.6 Å². The molecule has 3 aromatic rings. The molecule has 0 spiro atoms. The minimum Gasteiger partial charge on any atom is -0.493 e. The quantitative estimate of drug-likeness (QED) is 0.498. The van der Waals surface area contributed by atoms with Gasteiger partial charge in [-0.2, -0.15) is 18.2 Å². The van der Waals surface area contributed by atoms with Crippen LogP contribution >= 0.6 is 0 Å². The summed E-state index contributed by atoms with van der Waals surface area (Å²) in [6, 6.07) is 5.39. The van der Waals surface area contributed by atoms with E-state index in [2.05, 4.69) is 19.8 Å². The molecule has 1 aliphatic rings. The second kappa shape index (κ2) is 7.53. The molecule has 0 N–H and O–H groups in total. The Labute approximate surface area is 165 Å². The molecule has 2 heterocycles. The fraction of sp³-hybridized carbons (Fsp3) is 0.450. The van der Waals surface area contributed by atoms with E-state index in [0.29, 0.717) is 23.8 Å². The van der Waals surface area contributed by atoms with E-state index in [9.17, 15) is 13.2 Å². The second-order valence-corrected chi connectivity index (χ2v) is 7.30. The number of nitrogens with zero attached hydrogens (tertiary/aromatic N) is 3. The summed E-state index contributed by atoms with van der Waals surface area (Å²) in [6.07, 6.45) is -0.796. The van der Waals surface area contributed by atoms with E-state index in [0.717, 1.165) is 35.4 Å². The van der Waals surface area contributed by atoms with Crippen molar-refractivity contribution in [1.82, 2.24) is 15.3 Å². The topological polar surface area (TPSA) is 74.2 Å². The first kappa shape index (κ1) is 19.5. The van der Waals surface area contributed by atoms with Crippen molar-refractivity contribution in [2.75, 3.05) is 6.61 Å². The fourth-order valence-electron chi connectivity index (χ4n) is 3.20. The zero-order chi connectivity index (χ0) is 20.6. The molecule has 29 heavy (non-hydrogen) atoms. The molecule has 1 saturated carbocycles. The van der Waals surface area contributed by atoms with Gasteiger partial charge in [0.2, 0.25) is 5.82 Å². The van der Waals surface area contributed by atoms with Crippen LogP contribution < -0.4 is 4.74 Å². The molecule has 0 atom stereocenters. The molecule has 0 saturated heterocycles. The van der Waals surface area contributed by atoms with E-state index in [1.54, 1.807) is 12.1 Å². The summed E-state index contributed by atoms with van der Waals surface area (Å²) in [4.78, 5) is 3.43. The van der Waals surface area contributed by atoms with Crippen LogP contribution in [0, 0.1) is 13.8 Å². The lowest BCUT2D eigenvalue weighted by Gasteiger charge is -2.13. The Morgan fingerprint density at radius 2 is 1.79 bits per heavy atom. The summed E-state index contributed by atoms with van der Waals surface area (Å²) in [5.74, 6) is 0.660. The standard InChI is InChI=1S/C20H20F3N3O3/c1-11-8-14(18-24-19(29-26-18)20(21,22)23)9-12(2)17(11)27-7-3-4-15-10-16(25-28-15)13-5-6-13/h8-10,13H,3-7H2,1-2H3. The van der Waals surface area contributed by atoms with Crippen molar-refractivity contribution in [3.05, 3.63) is 46.7 Å². The van der Waals surface area contributed by atoms with Gasteiger partial charge in [-0.3, -0.25) is 0 Å². The first-order chi connectivity index (χ1) is 13.8. The molecule has 2 aromatic heterocycles. The zero-order valence-corrected chi connectivity index (χ0v) is 16.0. The van der Waals surface area contributed by atoms with E-state index in [1.165, 1.54) is 12.8 Å². The second-order valence-electron chi connectivity index (χ2n) is 7.30. The molecule has 4 rings (SSSR count). The molecule has 0 bridgehead atoms. The molecular weight excluding hydrogens is 387 g/mol. The summed E-state index contributed by atoms with van der Waals surface area (Å²) in [5, 5.41) is 7.52. The smallest absolute Gasteiger partial charge is 0.471 e. The molecular formula is C20H20F3N3O3. The van der Waals surface area contributed by atoms with Crippen molar-refractivity contribution in [3.63, 3.8) is 0 Å². The maximum Gasteiger partial charge on any atom is 0.471 e. The lowest BCUT2D eigenvalue weighted by atomic mass is 10.1. The Morgan fingerprint density at radius 1 is 1.07 bits per heavy atom. The predicted molar refractivity (Wildman–Crippen MR) is 96.5 cm³/mol. The molecule has 0 unspecified atom stereocenters. The van der Waals surface area contributed by atoms with Crippen LogP contribution in [0.5, 0.6) is 5.75 Å². The van der Waals surface area contributed by atoms with Crippen LogP contribution in [0.2, 0.25) is 0 Å². The monoisotopic (exact) mass is 407 g/mol. The highest BCUT2D eigenvalue weighted by Gasteiger charge is 2.38. The largest absolute Gasteiger partial charge is 0.493 e. The highest BCUT2D eigenvalue weighted by atomic mass is 19.4. The number of rotatable bonds is 7. The van der Waals surface area contributed by atoms with Crippen LogP contribution in [0.1, 0.15) is 53.7 Å². The van der Waals surface area contributed by atoms with E-state index in [1.807, 2.05) is 19.9 Å². The van der Waals surface area contributed by atoms with E-state index in [-0.39, 0.29) is 5.82 Å². The molecule has 1 aliphatic carbocycles. The van der Waals surface area contributed by atoms with Crippen molar-refractivity contribution >= 4 is 0 Å². The molecule has 1 aromatic carbocycles. The van der Waals surface area contributed by atoms with Crippen molar-refractivity contribution in [1.29, 1.82) is 0 Å². The van der Waals surface area contributed by atoms with Crippen LogP contribution in [0.4, 0.5) is 13.2 Å². The Morgan fingerprint density at radius 3 is 2.41 bits per heavy atom. The number of ether oxygens (including phenoxy) is 1. The average Bonchev–Trinajstić information content (AvgIpc) is 3.17. The predicted octanol–water partition coefficient (Wildman–Crippen LogP) is 5.25. The summed E-state index contributed by atoms with van der Waals surface area (Å²) >= 11 is 0. The summed E-state index contributed by atoms with van der Waals surface area (Å²) in [6.45, 7) is 4.14. The minimum atomic E-state index is -4.67. The van der Waals surface area contributed by atoms with Gasteiger partial charge in [0.05, 0.1) is 12.3 Å². The van der Waals surface area contributed by atoms with Gasteiger partial charge in [0, 0.05) is 24.0 Å². The first-order valence-corrected chi connectivity index (χ1v) is 9.42. The molecule has 9 heteroatoms. The normalized spacial score (nSPS) is 14.4. The van der Waals surface area contributed by atoms with E-state index >= 15 is 0 Å². The van der Waals surface area contributed by atoms with Gasteiger partial charge >= 0.3 is 12.1 Å². The van der Waals surface area contributed by atoms with Gasteiger partial charge in [0.25, 0.3) is 0 Å². The minimum absolute atomic E-state index is 0.105. The summed E-state index contributed by atoms with van der Waals surface area (Å²) < 4.78 is 53.5. The average molecular weight is 407 g/mol. The van der Waals surface area contributed by atoms with Crippen LogP contribution in [0.15, 0.2) is 27.2 Å². The van der Waals surface area contributed by atoms with Crippen molar-refractivity contribution < 1.29 is 27.0 Å². The third-order valence-corrected chi connectivity index (χ3v) is 4.77. The van der Waals surface area contributed by atoms with Gasteiger partial charge in [-0.05, 0) is 56.4 Å². The van der Waals surface area contributed by atoms with E-state index in [4.69, 9.17) is 9.26 Å². The first-order valence-electron chi connectivity index (χ1n) is 9.42. The lowest BCUT2D eigenvalue weighted by Crippen LogP contribution is -2.05. The van der Waals surface area contributed by atoms with Gasteiger partial charge in [0.1, 0.15) is 11.5 Å². The number of alkyl halides is 3. The third-order valence-electron chi connectivity index (χ3n) is 4.77. The Kier molecular flexibility index (Phi) is 5.06. The van der Waals surface area contributed by atoms with Crippen molar-refractivity contribution in [3.8, 4) is 17.1 Å². The Hall–Kier alpha value is -2.84. The number of halogens is 3. The Bertz CT molecular complexity index is 983. The molecule has 154 valence electrons. The molecule has 0 amide bonds. The third kappa shape index (κ3) is 4.44. The van der Waals surface area contributed by atoms with Crippen LogP contribution in [0.25, 0.3) is 11.4 Å². The van der Waals surface area contributed by atoms with Crippen molar-refractivity contribution in [2.45, 2.75) is 51.6 Å². The molecule has 1 fully saturated rings. The van der Waals surface area contributed by atoms with Gasteiger partial charge in [-0.15, -0.1) is 0 Å². The van der Waals surface area contributed by atoms with Gasteiger partial charge < -0.3 is 13.8 Å². The molecule has 6 nitrogen and oxygen atoms in total. The number of hydrogen-bond donors (Lipinski definition) is 0. The fourth-order valence-corrected chi connectivity index (χ4v) is 3.20. The highest BCUT2D eigenvalue weighted by Crippen LogP contribution is 2.39. The van der Waals surface area contributed by atoms with Gasteiger partial charge in [-0.1, -0.05) is 10.3 Å². The Balaban J connectivity index is 1.37. The van der Waals surface area contributed by atoms with Gasteiger partial charge in [0.15, 0.2) is 0 Å². The maximum atomic E-state index is 12.7. The van der Waals surface area contributed by atoms with E-state index < -0.39 is 12.1 Å². The highest BCUT2D eigenvalue weighted by molar-refractivity contribution is 5.61. The lowest BCUT2D eigenvalue weighted by molar-refractivity contribution is -0.159. The number of hydrogen-bond acceptors (Lipinski definition) is 6. The summed E-state index contributed by atoms with van der Waals surface area (Å²) in [5.41, 5.74) is 3.06. The summed E-state index contributed by atoms with van der Waals surface area (Å²) in [7, 11) is 0. The number of aromatic nitrogens is 3. The van der Waals surface area contributed by atoms with Crippen LogP contribution in [-0.4, -0.2) is 21.9 Å². The zero-order valence-electron chi connectivity index (χ0n) is 16.0. The molecule has 0 radical (unpaired) electrons. The van der Waals surface area contributed by atoms with Crippen molar-refractivity contribution in [2.24, 2.45) is 0 Å². The molecule has 0 aliphatic heterocycles. The maximum absolute atomic E-state index is 12.7. The number of aryl methyl sites for hydroxylation is 3. The SMILES string of the molecule is Cc1cc(-c2noc(C(F)(F)F)n2)cc(C)c1OCCCc1cc(C2CC2)no1. The van der Waals surface area contributed by atoms with Crippen LogP contribution in [0.3, 0.4) is 0 Å². The van der Waals surface area contributed by atoms with Gasteiger partial charge in [-0.25, -0.2) is 0 Å².